The van der Waals surface area contributed by atoms with E-state index < -0.39 is 12.0 Å². The van der Waals surface area contributed by atoms with Crippen molar-refractivity contribution in [3.05, 3.63) is 27.7 Å². The fourth-order valence-corrected chi connectivity index (χ4v) is 2.04. The fraction of sp³-hybridized carbons (Fsp3) is 0.455. The molecule has 16 heavy (non-hydrogen) atoms. The highest BCUT2D eigenvalue weighted by Crippen LogP contribution is 2.40. The molecule has 1 aromatic carbocycles. The van der Waals surface area contributed by atoms with Crippen molar-refractivity contribution in [1.29, 1.82) is 0 Å². The zero-order valence-corrected chi connectivity index (χ0v) is 10.1. The van der Waals surface area contributed by atoms with Crippen LogP contribution in [-0.4, -0.2) is 12.0 Å². The Morgan fingerprint density at radius 3 is 2.19 bits per heavy atom. The highest BCUT2D eigenvalue weighted by atomic mass is 35.5. The van der Waals surface area contributed by atoms with Crippen molar-refractivity contribution in [3.8, 4) is 5.75 Å². The lowest BCUT2D eigenvalue weighted by Crippen LogP contribution is -2.43. The molecule has 0 amide bonds. The number of hydrogen-bond donors (Lipinski definition) is 0. The number of halogens is 4. The minimum absolute atomic E-state index is 0.240. The van der Waals surface area contributed by atoms with Crippen molar-refractivity contribution >= 4 is 23.2 Å². The minimum atomic E-state index is -2.58. The Labute approximate surface area is 102 Å². The lowest BCUT2D eigenvalue weighted by molar-refractivity contribution is -0.134. The summed E-state index contributed by atoms with van der Waals surface area (Å²) in [6, 6.07) is 3.19. The molecule has 2 rings (SSSR count). The Morgan fingerprint density at radius 1 is 1.25 bits per heavy atom. The van der Waals surface area contributed by atoms with E-state index in [1.54, 1.807) is 19.1 Å². The van der Waals surface area contributed by atoms with Crippen LogP contribution in [0.1, 0.15) is 18.4 Å². The second-order valence-corrected chi connectivity index (χ2v) is 4.83. The van der Waals surface area contributed by atoms with Gasteiger partial charge in [-0.25, -0.2) is 8.78 Å². The maximum absolute atomic E-state index is 12.6. The Kier molecular flexibility index (Phi) is 3.01. The van der Waals surface area contributed by atoms with Crippen LogP contribution in [0.5, 0.6) is 5.75 Å². The van der Waals surface area contributed by atoms with E-state index in [-0.39, 0.29) is 12.8 Å². The van der Waals surface area contributed by atoms with Crippen molar-refractivity contribution in [2.75, 3.05) is 0 Å². The first-order chi connectivity index (χ1) is 7.37. The average molecular weight is 267 g/mol. The quantitative estimate of drug-likeness (QED) is 0.767. The monoisotopic (exact) mass is 266 g/mol. The molecule has 5 heteroatoms. The van der Waals surface area contributed by atoms with Gasteiger partial charge in [0.2, 0.25) is 0 Å². The van der Waals surface area contributed by atoms with Gasteiger partial charge in [-0.3, -0.25) is 0 Å². The van der Waals surface area contributed by atoms with E-state index in [0.29, 0.717) is 15.8 Å². The molecule has 0 atom stereocenters. The lowest BCUT2D eigenvalue weighted by Gasteiger charge is -2.34. The summed E-state index contributed by atoms with van der Waals surface area (Å²) >= 11 is 11.8. The Bertz CT molecular complexity index is 389. The molecule has 1 aromatic rings. The van der Waals surface area contributed by atoms with Gasteiger partial charge in [0.1, 0.15) is 11.9 Å². The summed E-state index contributed by atoms with van der Waals surface area (Å²) in [7, 11) is 0. The molecule has 0 heterocycles. The van der Waals surface area contributed by atoms with Gasteiger partial charge in [0.15, 0.2) is 0 Å². The second kappa shape index (κ2) is 4.04. The number of benzene rings is 1. The van der Waals surface area contributed by atoms with Gasteiger partial charge in [-0.15, -0.1) is 0 Å². The standard InChI is InChI=1S/C11H10Cl2F2O/c1-6-9(12)2-7(3-10(6)13)16-8-4-11(14,15)5-8/h2-3,8H,4-5H2,1H3. The van der Waals surface area contributed by atoms with Crippen LogP contribution >= 0.6 is 23.2 Å². The van der Waals surface area contributed by atoms with E-state index in [4.69, 9.17) is 27.9 Å². The third-order valence-corrected chi connectivity index (χ3v) is 3.39. The molecule has 0 radical (unpaired) electrons. The van der Waals surface area contributed by atoms with Crippen LogP contribution in [0.25, 0.3) is 0 Å². The molecular formula is C11H10Cl2F2O. The van der Waals surface area contributed by atoms with Crippen LogP contribution < -0.4 is 4.74 Å². The van der Waals surface area contributed by atoms with Gasteiger partial charge in [0.25, 0.3) is 5.92 Å². The molecule has 0 N–H and O–H groups in total. The molecule has 0 unspecified atom stereocenters. The Morgan fingerprint density at radius 2 is 1.75 bits per heavy atom. The highest BCUT2D eigenvalue weighted by Gasteiger charge is 2.47. The van der Waals surface area contributed by atoms with Crippen molar-refractivity contribution in [1.82, 2.24) is 0 Å². The zero-order valence-electron chi connectivity index (χ0n) is 8.57. The molecule has 1 aliphatic rings. The Hall–Kier alpha value is -0.540. The summed E-state index contributed by atoms with van der Waals surface area (Å²) in [6.45, 7) is 1.78. The SMILES string of the molecule is Cc1c(Cl)cc(OC2CC(F)(F)C2)cc1Cl. The van der Waals surface area contributed by atoms with Gasteiger partial charge in [0, 0.05) is 22.9 Å². The lowest BCUT2D eigenvalue weighted by atomic mass is 9.91. The third kappa shape index (κ3) is 2.41. The predicted octanol–water partition coefficient (Wildman–Crippen LogP) is 4.48. The van der Waals surface area contributed by atoms with Gasteiger partial charge in [0.05, 0.1) is 0 Å². The second-order valence-electron chi connectivity index (χ2n) is 4.02. The van der Waals surface area contributed by atoms with E-state index in [1.165, 1.54) is 0 Å². The van der Waals surface area contributed by atoms with Crippen LogP contribution in [0.15, 0.2) is 12.1 Å². The zero-order chi connectivity index (χ0) is 11.9. The van der Waals surface area contributed by atoms with Crippen molar-refractivity contribution < 1.29 is 13.5 Å². The minimum Gasteiger partial charge on any atom is -0.490 e. The highest BCUT2D eigenvalue weighted by molar-refractivity contribution is 6.36. The van der Waals surface area contributed by atoms with E-state index >= 15 is 0 Å². The summed E-state index contributed by atoms with van der Waals surface area (Å²) < 4.78 is 30.5. The third-order valence-electron chi connectivity index (χ3n) is 2.61. The van der Waals surface area contributed by atoms with Crippen molar-refractivity contribution in [2.24, 2.45) is 0 Å². The van der Waals surface area contributed by atoms with Gasteiger partial charge in [-0.05, 0) is 24.6 Å². The molecule has 0 aromatic heterocycles. The Balaban J connectivity index is 2.06. The predicted molar refractivity (Wildman–Crippen MR) is 59.8 cm³/mol. The van der Waals surface area contributed by atoms with Crippen LogP contribution in [0.2, 0.25) is 10.0 Å². The van der Waals surface area contributed by atoms with E-state index in [9.17, 15) is 8.78 Å². The van der Waals surface area contributed by atoms with E-state index in [0.717, 1.165) is 5.56 Å². The molecule has 0 spiro atoms. The first-order valence-electron chi connectivity index (χ1n) is 4.87. The van der Waals surface area contributed by atoms with Crippen LogP contribution in [0.3, 0.4) is 0 Å². The maximum atomic E-state index is 12.6. The molecule has 88 valence electrons. The van der Waals surface area contributed by atoms with Crippen LogP contribution in [0.4, 0.5) is 8.78 Å². The van der Waals surface area contributed by atoms with Gasteiger partial charge >= 0.3 is 0 Å². The maximum Gasteiger partial charge on any atom is 0.255 e. The smallest absolute Gasteiger partial charge is 0.255 e. The molecule has 0 saturated heterocycles. The average Bonchev–Trinajstić information content (AvgIpc) is 2.11. The largest absolute Gasteiger partial charge is 0.490 e. The van der Waals surface area contributed by atoms with Crippen LogP contribution in [-0.2, 0) is 0 Å². The van der Waals surface area contributed by atoms with Gasteiger partial charge < -0.3 is 4.74 Å². The van der Waals surface area contributed by atoms with Crippen LogP contribution in [0, 0.1) is 6.92 Å². The molecule has 0 bridgehead atoms. The number of rotatable bonds is 2. The van der Waals surface area contributed by atoms with Crippen molar-refractivity contribution in [2.45, 2.75) is 31.8 Å². The number of hydrogen-bond acceptors (Lipinski definition) is 1. The summed E-state index contributed by atoms with van der Waals surface area (Å²) in [5, 5.41) is 0.960. The number of ether oxygens (including phenoxy) is 1. The molecule has 1 saturated carbocycles. The van der Waals surface area contributed by atoms with Gasteiger partial charge in [-0.2, -0.15) is 0 Å². The number of alkyl halides is 2. The van der Waals surface area contributed by atoms with E-state index in [1.807, 2.05) is 0 Å². The van der Waals surface area contributed by atoms with E-state index in [2.05, 4.69) is 0 Å². The van der Waals surface area contributed by atoms with Crippen molar-refractivity contribution in [3.63, 3.8) is 0 Å². The topological polar surface area (TPSA) is 9.23 Å². The fourth-order valence-electron chi connectivity index (χ4n) is 1.57. The summed E-state index contributed by atoms with van der Waals surface area (Å²) in [6.07, 6.45) is -0.920. The molecule has 0 aliphatic heterocycles. The van der Waals surface area contributed by atoms with Gasteiger partial charge in [-0.1, -0.05) is 23.2 Å². The summed E-state index contributed by atoms with van der Waals surface area (Å²) in [5.41, 5.74) is 0.759. The molecule has 1 fully saturated rings. The molecular weight excluding hydrogens is 257 g/mol. The molecule has 1 aliphatic carbocycles. The summed E-state index contributed by atoms with van der Waals surface area (Å²) in [4.78, 5) is 0. The first-order valence-corrected chi connectivity index (χ1v) is 5.63. The molecule has 1 nitrogen and oxygen atoms in total. The summed E-state index contributed by atoms with van der Waals surface area (Å²) in [5.74, 6) is -2.13. The normalized spacial score (nSPS) is 19.3. The first kappa shape index (κ1) is 11.9.